The fraction of sp³-hybridized carbons (Fsp3) is 0.731. The number of amides is 1. The fourth-order valence-corrected chi connectivity index (χ4v) is 5.19. The maximum Gasteiger partial charge on any atom is 0.410 e. The van der Waals surface area contributed by atoms with Gasteiger partial charge in [0.05, 0.1) is 25.5 Å². The highest BCUT2D eigenvalue weighted by Gasteiger charge is 2.30. The van der Waals surface area contributed by atoms with Gasteiger partial charge in [0.15, 0.2) is 5.65 Å². The first kappa shape index (κ1) is 27.0. The molecule has 1 N–H and O–H groups in total. The van der Waals surface area contributed by atoms with Crippen molar-refractivity contribution in [3.05, 3.63) is 18.0 Å². The number of rotatable bonds is 8. The maximum atomic E-state index is 12.5. The highest BCUT2D eigenvalue weighted by Crippen LogP contribution is 2.35. The average molecular weight is 524 g/mol. The van der Waals surface area contributed by atoms with Crippen molar-refractivity contribution >= 4 is 33.1 Å². The molecule has 0 aliphatic carbocycles. The van der Waals surface area contributed by atoms with E-state index in [2.05, 4.69) is 34.8 Å². The lowest BCUT2D eigenvalue weighted by Gasteiger charge is -2.33. The molecule has 2 aromatic heterocycles. The second-order valence-corrected chi connectivity index (χ2v) is 16.4. The second-order valence-electron chi connectivity index (χ2n) is 11.8. The summed E-state index contributed by atoms with van der Waals surface area (Å²) in [6, 6.07) is 0.266. The summed E-state index contributed by atoms with van der Waals surface area (Å²) in [4.78, 5) is 24.1. The van der Waals surface area contributed by atoms with Crippen LogP contribution in [0.3, 0.4) is 0 Å². The van der Waals surface area contributed by atoms with Gasteiger partial charge in [0.1, 0.15) is 23.7 Å². The Morgan fingerprint density at radius 2 is 2.00 bits per heavy atom. The van der Waals surface area contributed by atoms with Gasteiger partial charge in [-0.25, -0.2) is 24.8 Å². The minimum atomic E-state index is -0.597. The summed E-state index contributed by atoms with van der Waals surface area (Å²) in [6.45, 7) is 9.71. The number of likely N-dealkylation sites (tertiary alicyclic amines) is 1. The van der Waals surface area contributed by atoms with Gasteiger partial charge in [-0.05, 0) is 64.7 Å². The van der Waals surface area contributed by atoms with Crippen molar-refractivity contribution in [1.82, 2.24) is 19.4 Å². The number of anilines is 1. The molecule has 9 nitrogen and oxygen atoms in total. The number of aromatic nitrogens is 3. The van der Waals surface area contributed by atoms with Crippen LogP contribution in [0.15, 0.2) is 12.4 Å². The normalized spacial score (nSPS) is 20.2. The summed E-state index contributed by atoms with van der Waals surface area (Å²) in [5, 5.41) is 3.48. The molecular weight excluding hydrogens is 478 g/mol. The fourth-order valence-electron chi connectivity index (χ4n) is 4.57. The molecule has 204 valence electrons. The topological polar surface area (TPSA) is 90.7 Å². The summed E-state index contributed by atoms with van der Waals surface area (Å²) in [6.07, 6.45) is 13.3. The van der Waals surface area contributed by atoms with E-state index >= 15 is 0 Å². The Morgan fingerprint density at radius 3 is 2.64 bits per heavy atom. The van der Waals surface area contributed by atoms with Crippen LogP contribution in [-0.2, 0) is 20.9 Å². The van der Waals surface area contributed by atoms with Crippen LogP contribution in [0.1, 0.15) is 52.9 Å². The summed E-state index contributed by atoms with van der Waals surface area (Å²) in [7, 11) is -0.597. The number of fused-ring (bicyclic) bond motifs is 1. The van der Waals surface area contributed by atoms with Crippen LogP contribution >= 0.6 is 10.0 Å². The summed E-state index contributed by atoms with van der Waals surface area (Å²) < 4.78 is 19.2. The molecule has 0 radical (unpaired) electrons. The summed E-state index contributed by atoms with van der Waals surface area (Å²) in [5.74, 6) is 2.15. The third-order valence-corrected chi connectivity index (χ3v) is 7.92. The summed E-state index contributed by atoms with van der Waals surface area (Å²) >= 11 is 0. The number of ether oxygens (including phenoxy) is 3. The molecule has 4 rings (SSSR count). The monoisotopic (exact) mass is 523 g/mol. The van der Waals surface area contributed by atoms with E-state index in [1.165, 1.54) is 5.56 Å². The van der Waals surface area contributed by atoms with Crippen LogP contribution < -0.4 is 5.32 Å². The Morgan fingerprint density at radius 1 is 1.25 bits per heavy atom. The zero-order valence-corrected chi connectivity index (χ0v) is 23.5. The van der Waals surface area contributed by atoms with Crippen LogP contribution in [0, 0.1) is 0 Å². The Kier molecular flexibility index (Phi) is 8.36. The van der Waals surface area contributed by atoms with E-state index in [1.54, 1.807) is 0 Å². The van der Waals surface area contributed by atoms with Gasteiger partial charge >= 0.3 is 6.09 Å². The molecule has 10 heteroatoms. The molecule has 0 aromatic carbocycles. The Bertz CT molecular complexity index is 1040. The predicted molar refractivity (Wildman–Crippen MR) is 148 cm³/mol. The smallest absolute Gasteiger partial charge is 0.410 e. The molecule has 0 spiro atoms. The van der Waals surface area contributed by atoms with Gasteiger partial charge < -0.3 is 29.0 Å². The zero-order valence-electron chi connectivity index (χ0n) is 22.7. The molecule has 2 saturated heterocycles. The molecule has 0 bridgehead atoms. The number of carbonyl (C=O) groups excluding carboxylic acids is 1. The average Bonchev–Trinajstić information content (AvgIpc) is 3.43. The van der Waals surface area contributed by atoms with Crippen LogP contribution in [0.5, 0.6) is 0 Å². The van der Waals surface area contributed by atoms with E-state index in [0.29, 0.717) is 32.3 Å². The molecule has 36 heavy (non-hydrogen) atoms. The third kappa shape index (κ3) is 7.26. The number of piperidine rings is 1. The van der Waals surface area contributed by atoms with Crippen LogP contribution in [-0.4, -0.2) is 94.6 Å². The number of nitrogens with zero attached hydrogens (tertiary/aromatic N) is 4. The van der Waals surface area contributed by atoms with E-state index in [4.69, 9.17) is 24.2 Å². The van der Waals surface area contributed by atoms with Crippen LogP contribution in [0.25, 0.3) is 11.2 Å². The predicted octanol–water partition coefficient (Wildman–Crippen LogP) is 4.66. The van der Waals surface area contributed by atoms with Crippen molar-refractivity contribution in [3.63, 3.8) is 0 Å². The van der Waals surface area contributed by atoms with Gasteiger partial charge in [-0.2, -0.15) is 0 Å². The molecular formula is C26H45N5O4S. The molecule has 2 fully saturated rings. The Labute approximate surface area is 218 Å². The van der Waals surface area contributed by atoms with E-state index in [0.717, 1.165) is 55.2 Å². The highest BCUT2D eigenvalue weighted by molar-refractivity contribution is 8.32. The SMILES string of the molecule is CC(C)(C)OC(=O)N1CCC(c2cn(COCCS(C)(C)C)c3ncc(NC4CCOC4)nc23)CC1.[HH]. The molecule has 1 unspecified atom stereocenters. The first-order valence-electron chi connectivity index (χ1n) is 12.9. The Hall–Kier alpha value is -2.04. The largest absolute Gasteiger partial charge is 0.444 e. The van der Waals surface area contributed by atoms with E-state index < -0.39 is 15.6 Å². The molecule has 4 heterocycles. The van der Waals surface area contributed by atoms with Gasteiger partial charge in [-0.15, -0.1) is 0 Å². The van der Waals surface area contributed by atoms with Crippen molar-refractivity contribution in [3.8, 4) is 0 Å². The van der Waals surface area contributed by atoms with Gasteiger partial charge in [0.25, 0.3) is 0 Å². The highest BCUT2D eigenvalue weighted by atomic mass is 32.3. The lowest BCUT2D eigenvalue weighted by molar-refractivity contribution is 0.0205. The molecule has 1 amide bonds. The maximum absolute atomic E-state index is 12.5. The standard InChI is InChI=1S/C26H43N5O4S.H2/c1-26(2,3)35-25(32)30-10-7-19(8-11-30)21-16-31(18-34-13-14-36(4,5)6)24-23(21)29-22(15-27-24)28-20-9-12-33-17-20;/h15-16,19-20H,7-14,17-18H2,1-6H3,(H,28,29);1H. The van der Waals surface area contributed by atoms with Gasteiger partial charge in [0.2, 0.25) is 0 Å². The van der Waals surface area contributed by atoms with Crippen molar-refractivity contribution in [2.24, 2.45) is 0 Å². The van der Waals surface area contributed by atoms with Crippen molar-refractivity contribution in [2.45, 2.75) is 64.3 Å². The van der Waals surface area contributed by atoms with E-state index in [1.807, 2.05) is 31.9 Å². The van der Waals surface area contributed by atoms with Crippen molar-refractivity contribution < 1.29 is 20.4 Å². The number of carbonyl (C=O) groups is 1. The molecule has 2 aromatic rings. The lowest BCUT2D eigenvalue weighted by Crippen LogP contribution is -2.41. The molecule has 2 aliphatic rings. The van der Waals surface area contributed by atoms with Crippen molar-refractivity contribution in [2.75, 3.05) is 62.7 Å². The quantitative estimate of drug-likeness (QED) is 0.503. The molecule has 0 saturated carbocycles. The first-order chi connectivity index (χ1) is 17.0. The van der Waals surface area contributed by atoms with Gasteiger partial charge in [-0.3, -0.25) is 0 Å². The third-order valence-electron chi connectivity index (χ3n) is 6.53. The zero-order chi connectivity index (χ0) is 25.9. The summed E-state index contributed by atoms with van der Waals surface area (Å²) in [5.41, 5.74) is 2.45. The number of hydrogen-bond acceptors (Lipinski definition) is 7. The minimum Gasteiger partial charge on any atom is -0.444 e. The van der Waals surface area contributed by atoms with Crippen LogP contribution in [0.2, 0.25) is 0 Å². The molecule has 2 aliphatic heterocycles. The number of nitrogens with one attached hydrogen (secondary N) is 1. The van der Waals surface area contributed by atoms with Crippen LogP contribution in [0.4, 0.5) is 10.6 Å². The van der Waals surface area contributed by atoms with E-state index in [-0.39, 0.29) is 13.6 Å². The lowest BCUT2D eigenvalue weighted by atomic mass is 9.91. The van der Waals surface area contributed by atoms with Crippen molar-refractivity contribution in [1.29, 1.82) is 0 Å². The second kappa shape index (κ2) is 11.1. The Balaban J connectivity index is 0.00000380. The molecule has 1 atom stereocenters. The minimum absolute atomic E-state index is 0. The number of hydrogen-bond donors (Lipinski definition) is 1. The van der Waals surface area contributed by atoms with Gasteiger partial charge in [-0.1, -0.05) is 0 Å². The van der Waals surface area contributed by atoms with Gasteiger partial charge in [0, 0.05) is 38.6 Å². The first-order valence-corrected chi connectivity index (χ1v) is 15.9. The van der Waals surface area contributed by atoms with E-state index in [9.17, 15) is 4.79 Å².